The van der Waals surface area contributed by atoms with E-state index in [0.29, 0.717) is 0 Å². The second-order valence-electron chi connectivity index (χ2n) is 5.67. The molecule has 1 nitrogen and oxygen atoms in total. The maximum absolute atomic E-state index is 11.8. The van der Waals surface area contributed by atoms with Gasteiger partial charge >= 0.3 is 0 Å². The van der Waals surface area contributed by atoms with Crippen LogP contribution in [0.1, 0.15) is 41.5 Å². The van der Waals surface area contributed by atoms with Gasteiger partial charge < -0.3 is 0 Å². The van der Waals surface area contributed by atoms with Crippen molar-refractivity contribution in [2.45, 2.75) is 41.5 Å². The summed E-state index contributed by atoms with van der Waals surface area (Å²) in [4.78, 5) is 11.8. The number of carbonyl (C=O) groups is 1. The zero-order chi connectivity index (χ0) is 11.6. The summed E-state index contributed by atoms with van der Waals surface area (Å²) in [6, 6.07) is 0. The molecule has 0 amide bonds. The smallest absolute Gasteiger partial charge is 0.161 e. The zero-order valence-corrected chi connectivity index (χ0v) is 10.3. The zero-order valence-electron chi connectivity index (χ0n) is 10.3. The Morgan fingerprint density at radius 3 is 1.64 bits per heavy atom. The summed E-state index contributed by atoms with van der Waals surface area (Å²) in [5.41, 5.74) is 0.680. The minimum Gasteiger partial charge on any atom is -0.294 e. The van der Waals surface area contributed by atoms with E-state index in [1.165, 1.54) is 0 Å². The summed E-state index contributed by atoms with van der Waals surface area (Å²) >= 11 is 0. The van der Waals surface area contributed by atoms with E-state index in [9.17, 15) is 4.79 Å². The molecular weight excluding hydrogens is 172 g/mol. The van der Waals surface area contributed by atoms with Crippen LogP contribution in [0.4, 0.5) is 0 Å². The SMILES string of the molecule is C=C/C(=C\C(=O)C(C)(C)C)C(C)(C)C. The van der Waals surface area contributed by atoms with Crippen molar-refractivity contribution in [1.29, 1.82) is 0 Å². The molecule has 0 radical (unpaired) electrons. The second-order valence-corrected chi connectivity index (χ2v) is 5.67. The van der Waals surface area contributed by atoms with E-state index in [4.69, 9.17) is 0 Å². The van der Waals surface area contributed by atoms with Gasteiger partial charge in [0.1, 0.15) is 0 Å². The normalized spacial score (nSPS) is 14.0. The van der Waals surface area contributed by atoms with Gasteiger partial charge in [-0.05, 0) is 17.1 Å². The highest BCUT2D eigenvalue weighted by Crippen LogP contribution is 2.27. The van der Waals surface area contributed by atoms with E-state index in [-0.39, 0.29) is 16.6 Å². The van der Waals surface area contributed by atoms with Crippen molar-refractivity contribution in [3.8, 4) is 0 Å². The van der Waals surface area contributed by atoms with E-state index in [2.05, 4.69) is 27.4 Å². The molecule has 0 heterocycles. The Labute approximate surface area is 87.9 Å². The molecular formula is C13H22O. The molecule has 0 spiro atoms. The predicted molar refractivity (Wildman–Crippen MR) is 62.2 cm³/mol. The molecule has 0 saturated carbocycles. The third-order valence-electron chi connectivity index (χ3n) is 2.11. The van der Waals surface area contributed by atoms with Crippen molar-refractivity contribution < 1.29 is 4.79 Å². The van der Waals surface area contributed by atoms with Gasteiger partial charge in [0.15, 0.2) is 5.78 Å². The van der Waals surface area contributed by atoms with Crippen LogP contribution >= 0.6 is 0 Å². The minimum absolute atomic E-state index is 0.0112. The highest BCUT2D eigenvalue weighted by atomic mass is 16.1. The molecule has 80 valence electrons. The highest BCUT2D eigenvalue weighted by Gasteiger charge is 2.22. The van der Waals surface area contributed by atoms with E-state index in [1.54, 1.807) is 12.2 Å². The summed E-state index contributed by atoms with van der Waals surface area (Å²) in [6.07, 6.45) is 3.48. The minimum atomic E-state index is -0.306. The van der Waals surface area contributed by atoms with Crippen molar-refractivity contribution in [2.75, 3.05) is 0 Å². The Hall–Kier alpha value is -0.850. The average molecular weight is 194 g/mol. The average Bonchev–Trinajstić information content (AvgIpc) is 1.95. The third kappa shape index (κ3) is 3.91. The summed E-state index contributed by atoms with van der Waals surface area (Å²) in [5, 5.41) is 0. The standard InChI is InChI=1S/C13H22O/c1-8-10(12(2,3)4)9-11(14)13(5,6)7/h8-9H,1H2,2-7H3/b10-9+. The van der Waals surface area contributed by atoms with Crippen LogP contribution in [0, 0.1) is 10.8 Å². The number of allylic oxidation sites excluding steroid dienone is 3. The van der Waals surface area contributed by atoms with Crippen molar-refractivity contribution in [2.24, 2.45) is 10.8 Å². The number of hydrogen-bond acceptors (Lipinski definition) is 1. The molecule has 0 aliphatic carbocycles. The first-order valence-electron chi connectivity index (χ1n) is 4.98. The Kier molecular flexibility index (Phi) is 3.87. The van der Waals surface area contributed by atoms with Crippen molar-refractivity contribution in [3.63, 3.8) is 0 Å². The van der Waals surface area contributed by atoms with Crippen LogP contribution in [0.15, 0.2) is 24.3 Å². The van der Waals surface area contributed by atoms with Crippen molar-refractivity contribution in [3.05, 3.63) is 24.3 Å². The van der Waals surface area contributed by atoms with Crippen LogP contribution in [0.5, 0.6) is 0 Å². The maximum Gasteiger partial charge on any atom is 0.161 e. The summed E-state index contributed by atoms with van der Waals surface area (Å²) in [5.74, 6) is 0.155. The van der Waals surface area contributed by atoms with Crippen LogP contribution < -0.4 is 0 Å². The summed E-state index contributed by atoms with van der Waals surface area (Å²) < 4.78 is 0. The van der Waals surface area contributed by atoms with Gasteiger partial charge in [0.05, 0.1) is 0 Å². The van der Waals surface area contributed by atoms with E-state index >= 15 is 0 Å². The first-order chi connectivity index (χ1) is 6.09. The molecule has 0 bridgehead atoms. The molecule has 14 heavy (non-hydrogen) atoms. The quantitative estimate of drug-likeness (QED) is 0.483. The van der Waals surface area contributed by atoms with Gasteiger partial charge in [-0.1, -0.05) is 54.2 Å². The van der Waals surface area contributed by atoms with E-state index in [0.717, 1.165) is 5.57 Å². The fraction of sp³-hybridized carbons (Fsp3) is 0.615. The molecule has 0 unspecified atom stereocenters. The first-order valence-corrected chi connectivity index (χ1v) is 4.98. The van der Waals surface area contributed by atoms with Crippen LogP contribution in [-0.4, -0.2) is 5.78 Å². The van der Waals surface area contributed by atoms with Gasteiger partial charge in [-0.3, -0.25) is 4.79 Å². The molecule has 0 aromatic rings. The Morgan fingerprint density at radius 2 is 1.43 bits per heavy atom. The molecule has 0 atom stereocenters. The van der Waals surface area contributed by atoms with Gasteiger partial charge in [-0.25, -0.2) is 0 Å². The molecule has 0 aliphatic rings. The van der Waals surface area contributed by atoms with Gasteiger partial charge in [0.2, 0.25) is 0 Å². The topological polar surface area (TPSA) is 17.1 Å². The first kappa shape index (κ1) is 13.2. The van der Waals surface area contributed by atoms with E-state index in [1.807, 2.05) is 20.8 Å². The molecule has 0 aromatic heterocycles. The van der Waals surface area contributed by atoms with Crippen LogP contribution in [0.3, 0.4) is 0 Å². The van der Waals surface area contributed by atoms with Gasteiger partial charge in [0.25, 0.3) is 0 Å². The highest BCUT2D eigenvalue weighted by molar-refractivity contribution is 5.95. The fourth-order valence-corrected chi connectivity index (χ4v) is 0.939. The number of carbonyl (C=O) groups excluding carboxylic acids is 1. The molecule has 0 aromatic carbocycles. The number of hydrogen-bond donors (Lipinski definition) is 0. The van der Waals surface area contributed by atoms with Crippen LogP contribution in [0.2, 0.25) is 0 Å². The molecule has 1 heteroatoms. The van der Waals surface area contributed by atoms with Gasteiger partial charge in [-0.15, -0.1) is 0 Å². The van der Waals surface area contributed by atoms with Crippen molar-refractivity contribution in [1.82, 2.24) is 0 Å². The van der Waals surface area contributed by atoms with Gasteiger partial charge in [-0.2, -0.15) is 0 Å². The number of ketones is 1. The van der Waals surface area contributed by atoms with Crippen LogP contribution in [-0.2, 0) is 4.79 Å². The maximum atomic E-state index is 11.8. The molecule has 0 aliphatic heterocycles. The molecule has 0 fully saturated rings. The fourth-order valence-electron chi connectivity index (χ4n) is 0.939. The van der Waals surface area contributed by atoms with Crippen LogP contribution in [0.25, 0.3) is 0 Å². The van der Waals surface area contributed by atoms with E-state index < -0.39 is 0 Å². The molecule has 0 N–H and O–H groups in total. The Bertz CT molecular complexity index is 256. The lowest BCUT2D eigenvalue weighted by atomic mass is 9.82. The second kappa shape index (κ2) is 4.12. The third-order valence-corrected chi connectivity index (χ3v) is 2.11. The lowest BCUT2D eigenvalue weighted by Gasteiger charge is -2.22. The molecule has 0 saturated heterocycles. The summed E-state index contributed by atoms with van der Waals surface area (Å²) in [6.45, 7) is 15.8. The lowest BCUT2D eigenvalue weighted by Crippen LogP contribution is -2.20. The van der Waals surface area contributed by atoms with Crippen molar-refractivity contribution >= 4 is 5.78 Å². The largest absolute Gasteiger partial charge is 0.294 e. The van der Waals surface area contributed by atoms with Gasteiger partial charge in [0, 0.05) is 5.41 Å². The Balaban J connectivity index is 4.98. The molecule has 0 rings (SSSR count). The monoisotopic (exact) mass is 194 g/mol. The lowest BCUT2D eigenvalue weighted by molar-refractivity contribution is -0.121. The predicted octanol–water partition coefficient (Wildman–Crippen LogP) is 3.76. The summed E-state index contributed by atoms with van der Waals surface area (Å²) in [7, 11) is 0. The Morgan fingerprint density at radius 1 is 1.00 bits per heavy atom. The number of rotatable bonds is 2.